The van der Waals surface area contributed by atoms with Crippen LogP contribution in [0.15, 0.2) is 41.0 Å². The summed E-state index contributed by atoms with van der Waals surface area (Å²) in [7, 11) is 0. The fourth-order valence-corrected chi connectivity index (χ4v) is 4.21. The number of hydrogen-bond acceptors (Lipinski definition) is 3. The monoisotopic (exact) mass is 325 g/mol. The highest BCUT2D eigenvalue weighted by Crippen LogP contribution is 2.44. The second-order valence-electron chi connectivity index (χ2n) is 7.21. The molecular weight excluding hydrogens is 294 g/mol. The lowest BCUT2D eigenvalue weighted by Gasteiger charge is -2.43. The van der Waals surface area contributed by atoms with E-state index in [0.717, 1.165) is 12.5 Å². The van der Waals surface area contributed by atoms with E-state index in [1.165, 1.54) is 69.0 Å². The zero-order valence-corrected chi connectivity index (χ0v) is 15.0. The summed E-state index contributed by atoms with van der Waals surface area (Å²) < 4.78 is 0. The molecule has 1 aliphatic carbocycles. The molecule has 0 saturated heterocycles. The minimum atomic E-state index is 0.0460. The minimum absolute atomic E-state index is 0.0460. The van der Waals surface area contributed by atoms with Gasteiger partial charge in [0.2, 0.25) is 0 Å². The van der Waals surface area contributed by atoms with E-state index in [4.69, 9.17) is 10.7 Å². The van der Waals surface area contributed by atoms with E-state index in [9.17, 15) is 0 Å². The second-order valence-corrected chi connectivity index (χ2v) is 7.21. The van der Waals surface area contributed by atoms with Gasteiger partial charge in [-0.05, 0) is 30.9 Å². The van der Waals surface area contributed by atoms with Gasteiger partial charge in [-0.25, -0.2) is 4.99 Å². The average molecular weight is 326 g/mol. The molecule has 0 amide bonds. The van der Waals surface area contributed by atoms with Gasteiger partial charge in [-0.1, -0.05) is 75.8 Å². The highest BCUT2D eigenvalue weighted by atomic mass is 15.4. The number of nitrogens with two attached hydrogens (primary N) is 1. The van der Waals surface area contributed by atoms with Gasteiger partial charge in [0.15, 0.2) is 5.96 Å². The molecule has 0 bridgehead atoms. The molecule has 3 heteroatoms. The van der Waals surface area contributed by atoms with E-state index in [1.807, 2.05) is 0 Å². The van der Waals surface area contributed by atoms with Gasteiger partial charge in [-0.2, -0.15) is 0 Å². The summed E-state index contributed by atoms with van der Waals surface area (Å²) in [5.74, 6) is 0.732. The predicted octanol–water partition coefficient (Wildman–Crippen LogP) is 4.94. The number of unbranched alkanes of at least 4 members (excludes halogenated alkanes) is 3. The molecule has 1 aromatic carbocycles. The molecule has 1 saturated carbocycles. The van der Waals surface area contributed by atoms with E-state index in [0.29, 0.717) is 0 Å². The van der Waals surface area contributed by atoms with Gasteiger partial charge >= 0.3 is 0 Å². The Balaban J connectivity index is 1.84. The maximum absolute atomic E-state index is 6.38. The van der Waals surface area contributed by atoms with Crippen LogP contribution in [0.5, 0.6) is 0 Å². The van der Waals surface area contributed by atoms with Crippen LogP contribution in [0.25, 0.3) is 6.08 Å². The van der Waals surface area contributed by atoms with Crippen LogP contribution in [0.1, 0.15) is 70.3 Å². The van der Waals surface area contributed by atoms with Crippen molar-refractivity contribution in [2.24, 2.45) is 10.7 Å². The van der Waals surface area contributed by atoms with Crippen LogP contribution in [0.3, 0.4) is 0 Å². The number of rotatable bonds is 6. The highest BCUT2D eigenvalue weighted by Gasteiger charge is 2.46. The first-order chi connectivity index (χ1) is 11.8. The Morgan fingerprint density at radius 2 is 1.83 bits per heavy atom. The highest BCUT2D eigenvalue weighted by molar-refractivity contribution is 5.85. The Bertz CT molecular complexity index is 582. The number of nitrogens with zero attached hydrogens (tertiary/aromatic N) is 2. The van der Waals surface area contributed by atoms with Crippen LogP contribution in [0.2, 0.25) is 0 Å². The lowest BCUT2D eigenvalue weighted by molar-refractivity contribution is 0.164. The molecule has 130 valence electrons. The van der Waals surface area contributed by atoms with Crippen molar-refractivity contribution in [3.63, 3.8) is 0 Å². The summed E-state index contributed by atoms with van der Waals surface area (Å²) in [4.78, 5) is 7.25. The molecule has 3 nitrogen and oxygen atoms in total. The molecule has 0 aromatic heterocycles. The molecule has 0 unspecified atom stereocenters. The zero-order chi connectivity index (χ0) is 16.8. The zero-order valence-electron chi connectivity index (χ0n) is 15.0. The lowest BCUT2D eigenvalue weighted by atomic mass is 9.78. The molecule has 24 heavy (non-hydrogen) atoms. The summed E-state index contributed by atoms with van der Waals surface area (Å²) in [5.41, 5.74) is 8.83. The summed E-state index contributed by atoms with van der Waals surface area (Å²) in [6.07, 6.45) is 13.6. The molecule has 1 aliphatic heterocycles. The molecule has 2 aliphatic rings. The first-order valence-corrected chi connectivity index (χ1v) is 9.65. The number of benzene rings is 1. The minimum Gasteiger partial charge on any atom is -0.369 e. The van der Waals surface area contributed by atoms with Crippen molar-refractivity contribution >= 4 is 12.0 Å². The van der Waals surface area contributed by atoms with Crippen LogP contribution >= 0.6 is 0 Å². The van der Waals surface area contributed by atoms with Crippen LogP contribution in [-0.2, 0) is 0 Å². The third kappa shape index (κ3) is 3.50. The fourth-order valence-electron chi connectivity index (χ4n) is 4.21. The molecule has 1 fully saturated rings. The summed E-state index contributed by atoms with van der Waals surface area (Å²) >= 11 is 0. The van der Waals surface area contributed by atoms with Crippen molar-refractivity contribution in [2.45, 2.75) is 70.3 Å². The van der Waals surface area contributed by atoms with E-state index in [1.54, 1.807) is 0 Å². The number of aliphatic imine (C=N–C) groups is 1. The first-order valence-electron chi connectivity index (χ1n) is 9.65. The van der Waals surface area contributed by atoms with Gasteiger partial charge in [-0.3, -0.25) is 0 Å². The number of guanidine groups is 1. The Kier molecular flexibility index (Phi) is 5.60. The van der Waals surface area contributed by atoms with Crippen molar-refractivity contribution in [2.75, 3.05) is 6.54 Å². The molecule has 0 radical (unpaired) electrons. The summed E-state index contributed by atoms with van der Waals surface area (Å²) in [5, 5.41) is 0. The van der Waals surface area contributed by atoms with E-state index < -0.39 is 0 Å². The molecule has 3 rings (SSSR count). The third-order valence-corrected chi connectivity index (χ3v) is 5.52. The second kappa shape index (κ2) is 7.87. The molecule has 2 N–H and O–H groups in total. The molecule has 1 heterocycles. The van der Waals surface area contributed by atoms with Crippen molar-refractivity contribution < 1.29 is 0 Å². The van der Waals surface area contributed by atoms with Gasteiger partial charge in [-0.15, -0.1) is 0 Å². The summed E-state index contributed by atoms with van der Waals surface area (Å²) in [6.45, 7) is 3.30. The van der Waals surface area contributed by atoms with Gasteiger partial charge in [0.05, 0.1) is 11.2 Å². The van der Waals surface area contributed by atoms with Gasteiger partial charge in [0.1, 0.15) is 0 Å². The third-order valence-electron chi connectivity index (χ3n) is 5.52. The van der Waals surface area contributed by atoms with Crippen LogP contribution in [0.4, 0.5) is 0 Å². The molecule has 0 atom stereocenters. The average Bonchev–Trinajstić information content (AvgIpc) is 2.85. The maximum atomic E-state index is 6.38. The van der Waals surface area contributed by atoms with Gasteiger partial charge in [0, 0.05) is 6.54 Å². The van der Waals surface area contributed by atoms with Crippen LogP contribution in [-0.4, -0.2) is 22.9 Å². The van der Waals surface area contributed by atoms with Crippen molar-refractivity contribution in [1.29, 1.82) is 0 Å². The Hall–Kier alpha value is -1.77. The van der Waals surface area contributed by atoms with Crippen molar-refractivity contribution in [1.82, 2.24) is 4.90 Å². The lowest BCUT2D eigenvalue weighted by Crippen LogP contribution is -2.52. The van der Waals surface area contributed by atoms with Crippen molar-refractivity contribution in [3.05, 3.63) is 41.6 Å². The molecule has 1 aromatic rings. The Morgan fingerprint density at radius 1 is 1.08 bits per heavy atom. The Morgan fingerprint density at radius 3 is 2.54 bits per heavy atom. The SMILES string of the molecule is CCCCCCN1C(N)=N/C(=C\c2ccccc2)C12CCCCC2. The standard InChI is InChI=1S/C21H31N3/c1-2-3-4-11-16-24-20(22)23-19(17-18-12-7-5-8-13-18)21(24)14-9-6-10-15-21/h5,7-8,12-13,17H,2-4,6,9-11,14-16H2,1H3,(H2,22,23)/b19-17-. The first kappa shape index (κ1) is 17.1. The van der Waals surface area contributed by atoms with E-state index >= 15 is 0 Å². The van der Waals surface area contributed by atoms with E-state index in [2.05, 4.69) is 48.2 Å². The maximum Gasteiger partial charge on any atom is 0.197 e. The van der Waals surface area contributed by atoms with Crippen LogP contribution < -0.4 is 5.73 Å². The van der Waals surface area contributed by atoms with Gasteiger partial charge in [0.25, 0.3) is 0 Å². The smallest absolute Gasteiger partial charge is 0.197 e. The van der Waals surface area contributed by atoms with E-state index in [-0.39, 0.29) is 5.54 Å². The number of hydrogen-bond donors (Lipinski definition) is 1. The predicted molar refractivity (Wildman–Crippen MR) is 103 cm³/mol. The summed E-state index contributed by atoms with van der Waals surface area (Å²) in [6, 6.07) is 10.5. The molecular formula is C21H31N3. The molecule has 1 spiro atoms. The van der Waals surface area contributed by atoms with Crippen molar-refractivity contribution in [3.8, 4) is 0 Å². The Labute approximate surface area is 146 Å². The van der Waals surface area contributed by atoms with Gasteiger partial charge < -0.3 is 10.6 Å². The largest absolute Gasteiger partial charge is 0.369 e. The van der Waals surface area contributed by atoms with Crippen LogP contribution in [0, 0.1) is 0 Å². The quantitative estimate of drug-likeness (QED) is 0.753. The fraction of sp³-hybridized carbons (Fsp3) is 0.571. The topological polar surface area (TPSA) is 41.6 Å². The normalized spacial score (nSPS) is 21.5.